The number of carboxylic acids is 1. The number of sulfonamides is 1. The molecule has 2 atom stereocenters. The van der Waals surface area contributed by atoms with Gasteiger partial charge in [-0.25, -0.2) is 8.42 Å². The zero-order valence-corrected chi connectivity index (χ0v) is 19.6. The maximum atomic E-state index is 13.5. The lowest BCUT2D eigenvalue weighted by Crippen LogP contribution is -2.30. The van der Waals surface area contributed by atoms with Crippen LogP contribution in [-0.4, -0.2) is 60.4 Å². The van der Waals surface area contributed by atoms with Gasteiger partial charge in [0, 0.05) is 24.5 Å². The normalized spacial score (nSPS) is 19.1. The van der Waals surface area contributed by atoms with Gasteiger partial charge in [0.2, 0.25) is 10.0 Å². The molecule has 3 aromatic rings. The first-order valence-corrected chi connectivity index (χ1v) is 12.2. The minimum atomic E-state index is -3.83. The molecule has 2 aromatic carbocycles. The first-order valence-electron chi connectivity index (χ1n) is 10.7. The highest BCUT2D eigenvalue weighted by molar-refractivity contribution is 7.89. The van der Waals surface area contributed by atoms with E-state index in [-0.39, 0.29) is 35.6 Å². The van der Waals surface area contributed by atoms with Crippen molar-refractivity contribution >= 4 is 26.9 Å². The number of rotatable bonds is 8. The number of nitrogens with zero attached hydrogens (tertiary/aromatic N) is 3. The minimum absolute atomic E-state index is 0.0329. The molecule has 1 saturated heterocycles. The Kier molecular flexibility index (Phi) is 6.31. The molecule has 0 saturated carbocycles. The number of benzene rings is 2. The summed E-state index contributed by atoms with van der Waals surface area (Å²) >= 11 is 0. The third-order valence-corrected chi connectivity index (χ3v) is 7.80. The van der Waals surface area contributed by atoms with Crippen molar-refractivity contribution in [1.29, 1.82) is 0 Å². The average Bonchev–Trinajstić information content (AvgIpc) is 3.34. The van der Waals surface area contributed by atoms with Crippen LogP contribution < -0.4 is 9.47 Å². The summed E-state index contributed by atoms with van der Waals surface area (Å²) in [5.41, 5.74) is 1.27. The van der Waals surface area contributed by atoms with E-state index in [1.54, 1.807) is 16.8 Å². The Morgan fingerprint density at radius 2 is 1.97 bits per heavy atom. The number of aromatic nitrogens is 2. The first kappa shape index (κ1) is 23.1. The van der Waals surface area contributed by atoms with E-state index in [9.17, 15) is 18.3 Å². The lowest BCUT2D eigenvalue weighted by atomic mass is 10.1. The molecule has 176 valence electrons. The van der Waals surface area contributed by atoms with Gasteiger partial charge in [-0.2, -0.15) is 9.40 Å². The van der Waals surface area contributed by atoms with Gasteiger partial charge in [0.25, 0.3) is 0 Å². The standard InChI is InChI=1S/C23H27N3O6S/c1-4-32-16-9-10-22(21(11-16)31-3)33(29,30)25-13-15(2)20(14-25)26-19-8-6-5-7-17(19)18(24-26)12-23(27)28/h5-11,15,20H,4,12-14H2,1-3H3,(H,27,28)/t15-,20+/m1/s1. The molecular weight excluding hydrogens is 446 g/mol. The highest BCUT2D eigenvalue weighted by Crippen LogP contribution is 2.37. The third-order valence-electron chi connectivity index (χ3n) is 5.93. The van der Waals surface area contributed by atoms with Crippen LogP contribution in [0.4, 0.5) is 0 Å². The van der Waals surface area contributed by atoms with Gasteiger partial charge in [0.1, 0.15) is 16.4 Å². The number of hydrogen-bond acceptors (Lipinski definition) is 6. The molecule has 0 amide bonds. The zero-order valence-electron chi connectivity index (χ0n) is 18.8. The SMILES string of the molecule is CCOc1ccc(S(=O)(=O)N2C[C@@H](C)[C@@H](n3nc(CC(=O)O)c4ccccc43)C2)c(OC)c1. The second-order valence-corrected chi connectivity index (χ2v) is 10.00. The van der Waals surface area contributed by atoms with Gasteiger partial charge >= 0.3 is 5.97 Å². The van der Waals surface area contributed by atoms with Gasteiger partial charge in [-0.05, 0) is 31.0 Å². The molecule has 1 aliphatic rings. The van der Waals surface area contributed by atoms with E-state index in [0.29, 0.717) is 24.6 Å². The molecule has 10 heteroatoms. The second kappa shape index (κ2) is 9.03. The topological polar surface area (TPSA) is 111 Å². The van der Waals surface area contributed by atoms with Gasteiger partial charge in [-0.1, -0.05) is 25.1 Å². The van der Waals surface area contributed by atoms with Crippen molar-refractivity contribution in [2.24, 2.45) is 5.92 Å². The summed E-state index contributed by atoms with van der Waals surface area (Å²) < 4.78 is 41.1. The first-order chi connectivity index (χ1) is 15.8. The molecule has 1 N–H and O–H groups in total. The molecule has 1 aliphatic heterocycles. The summed E-state index contributed by atoms with van der Waals surface area (Å²) in [7, 11) is -2.41. The highest BCUT2D eigenvalue weighted by Gasteiger charge is 2.40. The van der Waals surface area contributed by atoms with E-state index in [1.807, 2.05) is 38.1 Å². The van der Waals surface area contributed by atoms with E-state index in [1.165, 1.54) is 17.5 Å². The van der Waals surface area contributed by atoms with Crippen molar-refractivity contribution in [3.05, 3.63) is 48.2 Å². The molecule has 0 bridgehead atoms. The Hall–Kier alpha value is -3.11. The molecule has 0 unspecified atom stereocenters. The van der Waals surface area contributed by atoms with Crippen LogP contribution in [0.1, 0.15) is 25.6 Å². The number of hydrogen-bond donors (Lipinski definition) is 1. The monoisotopic (exact) mass is 473 g/mol. The van der Waals surface area contributed by atoms with Crippen LogP contribution in [0.5, 0.6) is 11.5 Å². The van der Waals surface area contributed by atoms with Crippen molar-refractivity contribution in [2.45, 2.75) is 31.2 Å². The molecular formula is C23H27N3O6S. The van der Waals surface area contributed by atoms with Gasteiger partial charge < -0.3 is 14.6 Å². The Bertz CT molecular complexity index is 1290. The maximum absolute atomic E-state index is 13.5. The van der Waals surface area contributed by atoms with Crippen molar-refractivity contribution in [3.63, 3.8) is 0 Å². The van der Waals surface area contributed by atoms with Gasteiger partial charge in [0.05, 0.1) is 37.4 Å². The van der Waals surface area contributed by atoms with E-state index in [0.717, 1.165) is 10.9 Å². The molecule has 33 heavy (non-hydrogen) atoms. The van der Waals surface area contributed by atoms with Crippen LogP contribution in [0.25, 0.3) is 10.9 Å². The molecule has 1 fully saturated rings. The maximum Gasteiger partial charge on any atom is 0.309 e. The molecule has 9 nitrogen and oxygen atoms in total. The summed E-state index contributed by atoms with van der Waals surface area (Å²) in [6, 6.07) is 11.9. The van der Waals surface area contributed by atoms with Gasteiger partial charge in [0.15, 0.2) is 0 Å². The van der Waals surface area contributed by atoms with Crippen LogP contribution >= 0.6 is 0 Å². The fourth-order valence-corrected chi connectivity index (χ4v) is 6.05. The van der Waals surface area contributed by atoms with Crippen LogP contribution in [-0.2, 0) is 21.2 Å². The van der Waals surface area contributed by atoms with Crippen LogP contribution in [0.2, 0.25) is 0 Å². The van der Waals surface area contributed by atoms with Gasteiger partial charge in [-0.15, -0.1) is 0 Å². The fourth-order valence-electron chi connectivity index (χ4n) is 4.36. The molecule has 2 heterocycles. The van der Waals surface area contributed by atoms with E-state index < -0.39 is 16.0 Å². The lowest BCUT2D eigenvalue weighted by Gasteiger charge is -2.19. The molecule has 0 spiro atoms. The number of carboxylic acid groups (broad SMARTS) is 1. The summed E-state index contributed by atoms with van der Waals surface area (Å²) in [4.78, 5) is 11.4. The Balaban J connectivity index is 1.68. The largest absolute Gasteiger partial charge is 0.495 e. The predicted octanol–water partition coefficient (Wildman–Crippen LogP) is 2.95. The quantitative estimate of drug-likeness (QED) is 0.535. The fraction of sp³-hybridized carbons (Fsp3) is 0.391. The number of ether oxygens (including phenoxy) is 2. The summed E-state index contributed by atoms with van der Waals surface area (Å²) in [5.74, 6) is -0.230. The highest BCUT2D eigenvalue weighted by atomic mass is 32.2. The zero-order chi connectivity index (χ0) is 23.8. The molecule has 0 radical (unpaired) electrons. The summed E-state index contributed by atoms with van der Waals surface area (Å²) in [5, 5.41) is 14.6. The van der Waals surface area contributed by atoms with Crippen molar-refractivity contribution in [2.75, 3.05) is 26.8 Å². The number of para-hydroxylation sites is 1. The van der Waals surface area contributed by atoms with Crippen molar-refractivity contribution < 1.29 is 27.8 Å². The number of carbonyl (C=O) groups is 1. The second-order valence-electron chi connectivity index (χ2n) is 8.09. The Labute approximate surface area is 192 Å². The van der Waals surface area contributed by atoms with Crippen molar-refractivity contribution in [1.82, 2.24) is 14.1 Å². The van der Waals surface area contributed by atoms with E-state index in [2.05, 4.69) is 5.10 Å². The van der Waals surface area contributed by atoms with Gasteiger partial charge in [-0.3, -0.25) is 9.48 Å². The molecule has 4 rings (SSSR count). The number of aliphatic carboxylic acids is 1. The van der Waals surface area contributed by atoms with E-state index >= 15 is 0 Å². The van der Waals surface area contributed by atoms with Crippen LogP contribution in [0.3, 0.4) is 0 Å². The smallest absolute Gasteiger partial charge is 0.309 e. The predicted molar refractivity (Wildman–Crippen MR) is 122 cm³/mol. The number of fused-ring (bicyclic) bond motifs is 1. The summed E-state index contributed by atoms with van der Waals surface area (Å²) in [6.07, 6.45) is -0.194. The molecule has 0 aliphatic carbocycles. The Morgan fingerprint density at radius 1 is 1.21 bits per heavy atom. The average molecular weight is 474 g/mol. The Morgan fingerprint density at radius 3 is 2.67 bits per heavy atom. The van der Waals surface area contributed by atoms with E-state index in [4.69, 9.17) is 9.47 Å². The third kappa shape index (κ3) is 4.28. The van der Waals surface area contributed by atoms with Crippen molar-refractivity contribution in [3.8, 4) is 11.5 Å². The molecule has 1 aromatic heterocycles. The lowest BCUT2D eigenvalue weighted by molar-refractivity contribution is -0.136. The van der Waals surface area contributed by atoms with Crippen LogP contribution in [0, 0.1) is 5.92 Å². The van der Waals surface area contributed by atoms with Crippen LogP contribution in [0.15, 0.2) is 47.4 Å². The number of methoxy groups -OCH3 is 1. The summed E-state index contributed by atoms with van der Waals surface area (Å²) in [6.45, 7) is 4.82. The minimum Gasteiger partial charge on any atom is -0.495 e.